The Balaban J connectivity index is 1.75. The number of rotatable bonds is 4. The molecule has 2 aliphatic rings. The monoisotopic (exact) mass is 285 g/mol. The van der Waals surface area contributed by atoms with Gasteiger partial charge in [0.2, 0.25) is 11.8 Å². The molecule has 6 heteroatoms. The lowest BCUT2D eigenvalue weighted by molar-refractivity contribution is -0.136. The first-order valence-electron chi connectivity index (χ1n) is 7.10. The van der Waals surface area contributed by atoms with Crippen LogP contribution in [0.5, 0.6) is 0 Å². The molecule has 1 unspecified atom stereocenters. The third-order valence-electron chi connectivity index (χ3n) is 3.74. The number of amides is 2. The van der Waals surface area contributed by atoms with Crippen LogP contribution >= 0.6 is 11.8 Å². The Hall–Kier alpha value is -0.750. The molecule has 108 valence electrons. The molecule has 2 N–H and O–H groups in total. The van der Waals surface area contributed by atoms with Crippen molar-refractivity contribution >= 4 is 23.6 Å². The van der Waals surface area contributed by atoms with E-state index in [1.165, 1.54) is 0 Å². The molecule has 0 aromatic rings. The molecule has 0 radical (unpaired) electrons. The Morgan fingerprint density at radius 1 is 1.37 bits per heavy atom. The van der Waals surface area contributed by atoms with Crippen molar-refractivity contribution in [3.63, 3.8) is 0 Å². The molecule has 2 aliphatic heterocycles. The molecule has 0 saturated carbocycles. The fourth-order valence-electron chi connectivity index (χ4n) is 2.53. The normalized spacial score (nSPS) is 24.5. The molecular weight excluding hydrogens is 262 g/mol. The van der Waals surface area contributed by atoms with Crippen LogP contribution in [0, 0.1) is 5.92 Å². The Bertz CT molecular complexity index is 324. The summed E-state index contributed by atoms with van der Waals surface area (Å²) >= 11 is 1.77. The Labute approximate surface area is 118 Å². The van der Waals surface area contributed by atoms with Gasteiger partial charge in [-0.1, -0.05) is 6.92 Å². The van der Waals surface area contributed by atoms with Crippen LogP contribution in [0.2, 0.25) is 0 Å². The second-order valence-electron chi connectivity index (χ2n) is 5.16. The minimum absolute atomic E-state index is 0.0181. The number of carbonyl (C=O) groups excluding carboxylic acids is 2. The molecule has 5 nitrogen and oxygen atoms in total. The van der Waals surface area contributed by atoms with E-state index in [1.54, 1.807) is 11.8 Å². The molecule has 2 heterocycles. The molecule has 2 rings (SSSR count). The van der Waals surface area contributed by atoms with Gasteiger partial charge in [0, 0.05) is 37.2 Å². The van der Waals surface area contributed by atoms with E-state index in [2.05, 4.69) is 10.6 Å². The zero-order valence-electron chi connectivity index (χ0n) is 11.5. The van der Waals surface area contributed by atoms with E-state index in [0.29, 0.717) is 13.1 Å². The van der Waals surface area contributed by atoms with Crippen molar-refractivity contribution in [3.8, 4) is 0 Å². The van der Waals surface area contributed by atoms with E-state index in [0.717, 1.165) is 37.4 Å². The van der Waals surface area contributed by atoms with E-state index in [4.69, 9.17) is 0 Å². The summed E-state index contributed by atoms with van der Waals surface area (Å²) in [6.07, 6.45) is 2.55. The lowest BCUT2D eigenvalue weighted by Crippen LogP contribution is -2.49. The second kappa shape index (κ2) is 7.14. The summed E-state index contributed by atoms with van der Waals surface area (Å²) in [5, 5.41) is 6.15. The standard InChI is InChI=1S/C13H23N3O2S/c1-2-5-14-12(17)10-3-6-16(7-4-10)13(18)11-8-19-9-15-11/h10-11,15H,2-9H2,1H3,(H,14,17). The van der Waals surface area contributed by atoms with Gasteiger partial charge in [-0.15, -0.1) is 11.8 Å². The summed E-state index contributed by atoms with van der Waals surface area (Å²) in [5.41, 5.74) is 0. The van der Waals surface area contributed by atoms with Crippen molar-refractivity contribution < 1.29 is 9.59 Å². The number of piperidine rings is 1. The van der Waals surface area contributed by atoms with Gasteiger partial charge in [-0.25, -0.2) is 0 Å². The highest BCUT2D eigenvalue weighted by atomic mass is 32.2. The summed E-state index contributed by atoms with van der Waals surface area (Å²) in [6, 6.07) is -0.0181. The number of nitrogens with one attached hydrogen (secondary N) is 2. The smallest absolute Gasteiger partial charge is 0.240 e. The fourth-order valence-corrected chi connectivity index (χ4v) is 3.46. The molecule has 0 aromatic heterocycles. The van der Waals surface area contributed by atoms with Crippen LogP contribution in [-0.2, 0) is 9.59 Å². The number of thioether (sulfide) groups is 1. The number of hydrogen-bond donors (Lipinski definition) is 2. The second-order valence-corrected chi connectivity index (χ2v) is 6.19. The zero-order chi connectivity index (χ0) is 13.7. The van der Waals surface area contributed by atoms with Gasteiger partial charge in [0.25, 0.3) is 0 Å². The lowest BCUT2D eigenvalue weighted by Gasteiger charge is -2.32. The van der Waals surface area contributed by atoms with Crippen molar-refractivity contribution in [1.82, 2.24) is 15.5 Å². The molecule has 2 fully saturated rings. The highest BCUT2D eigenvalue weighted by Crippen LogP contribution is 2.20. The van der Waals surface area contributed by atoms with Crippen LogP contribution in [-0.4, -0.2) is 54.0 Å². The quantitative estimate of drug-likeness (QED) is 0.785. The predicted molar refractivity (Wildman–Crippen MR) is 76.9 cm³/mol. The van der Waals surface area contributed by atoms with Crippen molar-refractivity contribution in [3.05, 3.63) is 0 Å². The van der Waals surface area contributed by atoms with Gasteiger partial charge in [-0.2, -0.15) is 0 Å². The topological polar surface area (TPSA) is 61.4 Å². The molecule has 0 aliphatic carbocycles. The van der Waals surface area contributed by atoms with E-state index in [1.807, 2.05) is 11.8 Å². The van der Waals surface area contributed by atoms with Gasteiger partial charge in [-0.05, 0) is 19.3 Å². The molecule has 0 spiro atoms. The average Bonchev–Trinajstić information content (AvgIpc) is 2.98. The van der Waals surface area contributed by atoms with Gasteiger partial charge in [0.05, 0.1) is 6.04 Å². The third-order valence-corrected chi connectivity index (χ3v) is 4.68. The minimum Gasteiger partial charge on any atom is -0.356 e. The van der Waals surface area contributed by atoms with Crippen molar-refractivity contribution in [2.75, 3.05) is 31.3 Å². The molecule has 0 bridgehead atoms. The van der Waals surface area contributed by atoms with E-state index in [9.17, 15) is 9.59 Å². The molecule has 0 aromatic carbocycles. The molecule has 2 saturated heterocycles. The minimum atomic E-state index is -0.0181. The van der Waals surface area contributed by atoms with Crippen molar-refractivity contribution in [2.24, 2.45) is 5.92 Å². The van der Waals surface area contributed by atoms with Gasteiger partial charge >= 0.3 is 0 Å². The van der Waals surface area contributed by atoms with E-state index in [-0.39, 0.29) is 23.8 Å². The largest absolute Gasteiger partial charge is 0.356 e. The Morgan fingerprint density at radius 2 is 2.11 bits per heavy atom. The van der Waals surface area contributed by atoms with Crippen LogP contribution in [0.3, 0.4) is 0 Å². The first-order chi connectivity index (χ1) is 9.22. The highest BCUT2D eigenvalue weighted by molar-refractivity contribution is 7.99. The summed E-state index contributed by atoms with van der Waals surface area (Å²) in [5.74, 6) is 2.18. The molecule has 2 amide bonds. The Morgan fingerprint density at radius 3 is 2.68 bits per heavy atom. The summed E-state index contributed by atoms with van der Waals surface area (Å²) in [7, 11) is 0. The Kier molecular flexibility index (Phi) is 5.51. The maximum absolute atomic E-state index is 12.2. The third kappa shape index (κ3) is 3.86. The van der Waals surface area contributed by atoms with E-state index >= 15 is 0 Å². The summed E-state index contributed by atoms with van der Waals surface area (Å²) < 4.78 is 0. The highest BCUT2D eigenvalue weighted by Gasteiger charge is 2.31. The summed E-state index contributed by atoms with van der Waals surface area (Å²) in [6.45, 7) is 4.23. The first-order valence-corrected chi connectivity index (χ1v) is 8.25. The first kappa shape index (κ1) is 14.7. The number of hydrogen-bond acceptors (Lipinski definition) is 4. The molecular formula is C13H23N3O2S. The van der Waals surface area contributed by atoms with Crippen LogP contribution in [0.1, 0.15) is 26.2 Å². The maximum Gasteiger partial charge on any atom is 0.240 e. The average molecular weight is 285 g/mol. The number of nitrogens with zero attached hydrogens (tertiary/aromatic N) is 1. The predicted octanol–water partition coefficient (Wildman–Crippen LogP) is 0.414. The van der Waals surface area contributed by atoms with Crippen molar-refractivity contribution in [1.29, 1.82) is 0 Å². The van der Waals surface area contributed by atoms with Gasteiger partial charge in [-0.3, -0.25) is 14.9 Å². The van der Waals surface area contributed by atoms with Gasteiger partial charge < -0.3 is 10.2 Å². The van der Waals surface area contributed by atoms with Crippen LogP contribution in [0.15, 0.2) is 0 Å². The van der Waals surface area contributed by atoms with Gasteiger partial charge in [0.1, 0.15) is 0 Å². The zero-order valence-corrected chi connectivity index (χ0v) is 12.3. The van der Waals surface area contributed by atoms with E-state index < -0.39 is 0 Å². The fraction of sp³-hybridized carbons (Fsp3) is 0.846. The van der Waals surface area contributed by atoms with Crippen LogP contribution in [0.25, 0.3) is 0 Å². The maximum atomic E-state index is 12.2. The molecule has 1 atom stereocenters. The number of carbonyl (C=O) groups is 2. The van der Waals surface area contributed by atoms with Crippen LogP contribution < -0.4 is 10.6 Å². The molecule has 19 heavy (non-hydrogen) atoms. The van der Waals surface area contributed by atoms with Crippen LogP contribution in [0.4, 0.5) is 0 Å². The lowest BCUT2D eigenvalue weighted by atomic mass is 9.95. The number of likely N-dealkylation sites (tertiary alicyclic amines) is 1. The van der Waals surface area contributed by atoms with Gasteiger partial charge in [0.15, 0.2) is 0 Å². The summed E-state index contributed by atoms with van der Waals surface area (Å²) in [4.78, 5) is 26.0. The van der Waals surface area contributed by atoms with Crippen molar-refractivity contribution in [2.45, 2.75) is 32.2 Å². The SMILES string of the molecule is CCCNC(=O)C1CCN(C(=O)C2CSCN2)CC1.